The van der Waals surface area contributed by atoms with Crippen molar-refractivity contribution >= 4 is 16.9 Å². The van der Waals surface area contributed by atoms with Crippen LogP contribution in [0.2, 0.25) is 0 Å². The number of nitriles is 1. The van der Waals surface area contributed by atoms with Gasteiger partial charge in [0, 0.05) is 17.4 Å². The second-order valence-electron chi connectivity index (χ2n) is 8.23. The molecule has 6 nitrogen and oxygen atoms in total. The van der Waals surface area contributed by atoms with Crippen molar-refractivity contribution in [2.45, 2.75) is 40.0 Å². The van der Waals surface area contributed by atoms with Gasteiger partial charge in [0.15, 0.2) is 5.75 Å². The number of nitrogens with zero attached hydrogens (tertiary/aromatic N) is 3. The first kappa shape index (κ1) is 23.7. The highest BCUT2D eigenvalue weighted by atomic mass is 16.5. The molecule has 0 aliphatic carbocycles. The van der Waals surface area contributed by atoms with Gasteiger partial charge in [-0.15, -0.1) is 0 Å². The van der Waals surface area contributed by atoms with Crippen molar-refractivity contribution in [2.24, 2.45) is 0 Å². The maximum Gasteiger partial charge on any atom is 0.151 e. The number of ether oxygens (including phenoxy) is 2. The molecule has 4 rings (SSSR count). The molecule has 0 radical (unpaired) electrons. The first-order valence-corrected chi connectivity index (χ1v) is 11.0. The SMILES string of the molecule is CC.COc1c(C(C)(C)C)cn2ncc(C#N)c(Nc3ccc(Oc4ccccc4)cc3)c12. The van der Waals surface area contributed by atoms with Crippen molar-refractivity contribution in [3.05, 3.63) is 78.1 Å². The molecule has 4 aromatic rings. The molecule has 0 spiro atoms. The van der Waals surface area contributed by atoms with Crippen molar-refractivity contribution in [3.8, 4) is 23.3 Å². The first-order chi connectivity index (χ1) is 15.9. The fraction of sp³-hybridized carbons (Fsp3) is 0.259. The van der Waals surface area contributed by atoms with Crippen LogP contribution in [-0.4, -0.2) is 16.7 Å². The van der Waals surface area contributed by atoms with E-state index in [0.29, 0.717) is 17.0 Å². The van der Waals surface area contributed by atoms with Gasteiger partial charge in [-0.3, -0.25) is 0 Å². The zero-order chi connectivity index (χ0) is 24.0. The fourth-order valence-corrected chi connectivity index (χ4v) is 3.44. The summed E-state index contributed by atoms with van der Waals surface area (Å²) in [5.41, 5.74) is 3.53. The normalized spacial score (nSPS) is 10.7. The molecular formula is C27H30N4O2. The van der Waals surface area contributed by atoms with Crippen molar-refractivity contribution in [1.29, 1.82) is 5.26 Å². The van der Waals surface area contributed by atoms with Crippen LogP contribution in [0.25, 0.3) is 5.52 Å². The molecule has 2 heterocycles. The third-order valence-corrected chi connectivity index (χ3v) is 4.99. The van der Waals surface area contributed by atoms with Gasteiger partial charge in [0.1, 0.15) is 23.1 Å². The summed E-state index contributed by atoms with van der Waals surface area (Å²) in [6.07, 6.45) is 3.52. The highest BCUT2D eigenvalue weighted by Gasteiger charge is 2.26. The summed E-state index contributed by atoms with van der Waals surface area (Å²) in [6, 6.07) is 19.5. The van der Waals surface area contributed by atoms with Crippen LogP contribution in [0.15, 0.2) is 67.0 Å². The van der Waals surface area contributed by atoms with Gasteiger partial charge in [-0.2, -0.15) is 10.4 Å². The molecule has 0 aliphatic heterocycles. The Morgan fingerprint density at radius 3 is 2.18 bits per heavy atom. The van der Waals surface area contributed by atoms with Crippen molar-refractivity contribution in [3.63, 3.8) is 0 Å². The van der Waals surface area contributed by atoms with Gasteiger partial charge in [0.05, 0.1) is 24.6 Å². The zero-order valence-electron chi connectivity index (χ0n) is 20.0. The number of para-hydroxylation sites is 1. The first-order valence-electron chi connectivity index (χ1n) is 11.0. The Morgan fingerprint density at radius 2 is 1.61 bits per heavy atom. The molecule has 2 aromatic heterocycles. The van der Waals surface area contributed by atoms with Gasteiger partial charge in [-0.25, -0.2) is 4.52 Å². The maximum atomic E-state index is 9.69. The maximum absolute atomic E-state index is 9.69. The van der Waals surface area contributed by atoms with E-state index in [9.17, 15) is 5.26 Å². The van der Waals surface area contributed by atoms with E-state index >= 15 is 0 Å². The molecule has 0 aliphatic rings. The topological polar surface area (TPSA) is 71.6 Å². The molecule has 0 saturated carbocycles. The van der Waals surface area contributed by atoms with Gasteiger partial charge >= 0.3 is 0 Å². The molecule has 6 heteroatoms. The van der Waals surface area contributed by atoms with Crippen LogP contribution in [0.4, 0.5) is 11.4 Å². The number of aromatic nitrogens is 2. The minimum absolute atomic E-state index is 0.139. The molecule has 33 heavy (non-hydrogen) atoms. The lowest BCUT2D eigenvalue weighted by molar-refractivity contribution is 0.404. The van der Waals surface area contributed by atoms with E-state index in [1.165, 1.54) is 0 Å². The average molecular weight is 443 g/mol. The fourth-order valence-electron chi connectivity index (χ4n) is 3.44. The predicted molar refractivity (Wildman–Crippen MR) is 133 cm³/mol. The molecule has 0 amide bonds. The number of nitrogens with one attached hydrogen (secondary N) is 1. The summed E-state index contributed by atoms with van der Waals surface area (Å²) in [5, 5.41) is 17.5. The molecule has 0 unspecified atom stereocenters. The Bertz CT molecular complexity index is 1250. The molecule has 0 atom stereocenters. The highest BCUT2D eigenvalue weighted by molar-refractivity contribution is 5.87. The molecule has 170 valence electrons. The lowest BCUT2D eigenvalue weighted by Crippen LogP contribution is -2.11. The molecule has 0 bridgehead atoms. The van der Waals surface area contributed by atoms with Crippen LogP contribution in [0.3, 0.4) is 0 Å². The number of anilines is 2. The molecule has 2 aromatic carbocycles. The standard InChI is InChI=1S/C25H24N4O2.C2H6/c1-25(2,3)21-16-29-23(24(21)30-4)22(17(14-26)15-27-29)28-18-10-12-20(13-11-18)31-19-8-6-5-7-9-19;1-2/h5-13,15-16,28H,1-4H3;1-2H3. The van der Waals surface area contributed by atoms with Crippen LogP contribution in [0.5, 0.6) is 17.2 Å². The van der Waals surface area contributed by atoms with Crippen LogP contribution < -0.4 is 14.8 Å². The molecule has 0 saturated heterocycles. The Hall–Kier alpha value is -3.98. The van der Waals surface area contributed by atoms with Crippen molar-refractivity contribution in [1.82, 2.24) is 9.61 Å². The second kappa shape index (κ2) is 10.1. The minimum Gasteiger partial charge on any atom is -0.494 e. The van der Waals surface area contributed by atoms with Gasteiger partial charge < -0.3 is 14.8 Å². The number of fused-ring (bicyclic) bond motifs is 1. The summed E-state index contributed by atoms with van der Waals surface area (Å²) in [6.45, 7) is 10.4. The van der Waals surface area contributed by atoms with Crippen LogP contribution >= 0.6 is 0 Å². The van der Waals surface area contributed by atoms with Gasteiger partial charge in [0.2, 0.25) is 0 Å². The lowest BCUT2D eigenvalue weighted by atomic mass is 9.88. The van der Waals surface area contributed by atoms with E-state index in [4.69, 9.17) is 9.47 Å². The number of benzene rings is 2. The van der Waals surface area contributed by atoms with E-state index in [1.54, 1.807) is 17.8 Å². The summed E-state index contributed by atoms with van der Waals surface area (Å²) in [5.74, 6) is 2.22. The largest absolute Gasteiger partial charge is 0.494 e. The number of hydrogen-bond acceptors (Lipinski definition) is 5. The number of methoxy groups -OCH3 is 1. The number of hydrogen-bond donors (Lipinski definition) is 1. The molecule has 1 N–H and O–H groups in total. The number of rotatable bonds is 5. The smallest absolute Gasteiger partial charge is 0.151 e. The zero-order valence-corrected chi connectivity index (χ0v) is 20.0. The van der Waals surface area contributed by atoms with Crippen molar-refractivity contribution in [2.75, 3.05) is 12.4 Å². The lowest BCUT2D eigenvalue weighted by Gasteiger charge is -2.18. The average Bonchev–Trinajstić information content (AvgIpc) is 3.22. The minimum atomic E-state index is -0.139. The van der Waals surface area contributed by atoms with E-state index in [2.05, 4.69) is 37.3 Å². The predicted octanol–water partition coefficient (Wildman–Crippen LogP) is 7.07. The molecule has 0 fully saturated rings. The summed E-state index contributed by atoms with van der Waals surface area (Å²) in [7, 11) is 1.64. The van der Waals surface area contributed by atoms with E-state index < -0.39 is 0 Å². The van der Waals surface area contributed by atoms with Crippen molar-refractivity contribution < 1.29 is 9.47 Å². The second-order valence-corrected chi connectivity index (χ2v) is 8.23. The van der Waals surface area contributed by atoms with Crippen LogP contribution in [-0.2, 0) is 5.41 Å². The Balaban J connectivity index is 0.00000149. The van der Waals surface area contributed by atoms with Gasteiger partial charge in [-0.1, -0.05) is 52.8 Å². The third-order valence-electron chi connectivity index (χ3n) is 4.99. The Morgan fingerprint density at radius 1 is 0.970 bits per heavy atom. The van der Waals surface area contributed by atoms with Crippen LogP contribution in [0.1, 0.15) is 45.7 Å². The Labute approximate surface area is 195 Å². The highest BCUT2D eigenvalue weighted by Crippen LogP contribution is 2.40. The van der Waals surface area contributed by atoms with Gasteiger partial charge in [-0.05, 0) is 41.8 Å². The quantitative estimate of drug-likeness (QED) is 0.358. The van der Waals surface area contributed by atoms with Gasteiger partial charge in [0.25, 0.3) is 0 Å². The van der Waals surface area contributed by atoms with Crippen LogP contribution in [0, 0.1) is 11.3 Å². The monoisotopic (exact) mass is 442 g/mol. The summed E-state index contributed by atoms with van der Waals surface area (Å²) >= 11 is 0. The third kappa shape index (κ3) is 5.09. The van der Waals surface area contributed by atoms with E-state index in [-0.39, 0.29) is 5.41 Å². The van der Waals surface area contributed by atoms with E-state index in [0.717, 1.165) is 28.3 Å². The molecular weight excluding hydrogens is 412 g/mol. The van der Waals surface area contributed by atoms with E-state index in [1.807, 2.05) is 74.6 Å². The Kier molecular flexibility index (Phi) is 7.24. The summed E-state index contributed by atoms with van der Waals surface area (Å²) in [4.78, 5) is 0. The summed E-state index contributed by atoms with van der Waals surface area (Å²) < 4.78 is 13.4.